The van der Waals surface area contributed by atoms with Gasteiger partial charge in [0.25, 0.3) is 5.91 Å². The number of sulfonamides is 1. The van der Waals surface area contributed by atoms with Gasteiger partial charge < -0.3 is 14.4 Å². The average molecular weight is 445 g/mol. The monoisotopic (exact) mass is 444 g/mol. The highest BCUT2D eigenvalue weighted by Crippen LogP contribution is 2.31. The minimum atomic E-state index is -3.55. The van der Waals surface area contributed by atoms with Crippen LogP contribution in [0.4, 0.5) is 0 Å². The van der Waals surface area contributed by atoms with Gasteiger partial charge in [0.05, 0.1) is 4.90 Å². The number of rotatable bonds is 5. The van der Waals surface area contributed by atoms with Gasteiger partial charge in [-0.15, -0.1) is 0 Å². The smallest absolute Gasteiger partial charge is 0.253 e. The second-order valence-corrected chi connectivity index (χ2v) is 10.0. The lowest BCUT2D eigenvalue weighted by atomic mass is 10.1. The molecule has 0 aliphatic carbocycles. The van der Waals surface area contributed by atoms with Crippen LogP contribution in [-0.4, -0.2) is 56.4 Å². The van der Waals surface area contributed by atoms with E-state index in [-0.39, 0.29) is 16.8 Å². The van der Waals surface area contributed by atoms with E-state index in [9.17, 15) is 13.2 Å². The summed E-state index contributed by atoms with van der Waals surface area (Å²) >= 11 is 0. The SMILES string of the molecule is C[C@H]1CCCCN1S(=O)(=O)c1ccc(C(=O)N(C)Cc2ccc3c(c2)OCCO3)cc1. The fraction of sp³-hybridized carbons (Fsp3) is 0.435. The maximum atomic E-state index is 13.0. The van der Waals surface area contributed by atoms with Crippen molar-refractivity contribution in [2.75, 3.05) is 26.8 Å². The largest absolute Gasteiger partial charge is 0.486 e. The van der Waals surface area contributed by atoms with Crippen LogP contribution in [0.15, 0.2) is 47.4 Å². The molecular formula is C23H28N2O5S. The third kappa shape index (κ3) is 4.55. The van der Waals surface area contributed by atoms with Gasteiger partial charge in [0.2, 0.25) is 10.0 Å². The third-order valence-electron chi connectivity index (χ3n) is 5.82. The Kier molecular flexibility index (Phi) is 6.20. The molecule has 2 aliphatic heterocycles. The van der Waals surface area contributed by atoms with Crippen molar-refractivity contribution in [3.63, 3.8) is 0 Å². The summed E-state index contributed by atoms with van der Waals surface area (Å²) in [4.78, 5) is 14.7. The Morgan fingerprint density at radius 1 is 1.06 bits per heavy atom. The predicted octanol–water partition coefficient (Wildman–Crippen LogP) is 3.29. The lowest BCUT2D eigenvalue weighted by molar-refractivity contribution is 0.0784. The molecule has 8 heteroatoms. The van der Waals surface area contributed by atoms with Crippen LogP contribution in [0.1, 0.15) is 42.1 Å². The van der Waals surface area contributed by atoms with Gasteiger partial charge in [-0.25, -0.2) is 8.42 Å². The lowest BCUT2D eigenvalue weighted by Gasteiger charge is -2.32. The normalized spacial score (nSPS) is 19.1. The number of piperidine rings is 1. The highest BCUT2D eigenvalue weighted by atomic mass is 32.2. The lowest BCUT2D eigenvalue weighted by Crippen LogP contribution is -2.41. The fourth-order valence-electron chi connectivity index (χ4n) is 4.09. The molecule has 1 amide bonds. The van der Waals surface area contributed by atoms with Crippen molar-refractivity contribution < 1.29 is 22.7 Å². The van der Waals surface area contributed by atoms with E-state index >= 15 is 0 Å². The van der Waals surface area contributed by atoms with Crippen molar-refractivity contribution in [2.24, 2.45) is 0 Å². The minimum Gasteiger partial charge on any atom is -0.486 e. The Balaban J connectivity index is 1.45. The average Bonchev–Trinajstić information content (AvgIpc) is 2.78. The fourth-order valence-corrected chi connectivity index (χ4v) is 5.79. The Hall–Kier alpha value is -2.58. The number of nitrogens with zero attached hydrogens (tertiary/aromatic N) is 2. The van der Waals surface area contributed by atoms with Crippen LogP contribution in [0.2, 0.25) is 0 Å². The van der Waals surface area contributed by atoms with Gasteiger partial charge in [0.1, 0.15) is 13.2 Å². The summed E-state index contributed by atoms with van der Waals surface area (Å²) in [6.45, 7) is 3.94. The molecule has 166 valence electrons. The number of carbonyl (C=O) groups excluding carboxylic acids is 1. The molecule has 0 radical (unpaired) electrons. The standard InChI is InChI=1S/C23H28N2O5S/c1-17-5-3-4-12-25(17)31(27,28)20-9-7-19(8-10-20)23(26)24(2)16-18-6-11-21-22(15-18)30-14-13-29-21/h6-11,15,17H,3-5,12-14,16H2,1-2H3/t17-/m0/s1. The molecular weight excluding hydrogens is 416 g/mol. The van der Waals surface area contributed by atoms with Gasteiger partial charge in [-0.05, 0) is 61.7 Å². The van der Waals surface area contributed by atoms with E-state index in [1.54, 1.807) is 28.4 Å². The topological polar surface area (TPSA) is 76.2 Å². The molecule has 2 aliphatic rings. The number of benzene rings is 2. The first-order valence-electron chi connectivity index (χ1n) is 10.6. The Labute approximate surface area is 183 Å². The van der Waals surface area contributed by atoms with Crippen LogP contribution in [-0.2, 0) is 16.6 Å². The Morgan fingerprint density at radius 2 is 1.77 bits per heavy atom. The molecule has 2 aromatic carbocycles. The van der Waals surface area contributed by atoms with Gasteiger partial charge in [0, 0.05) is 31.7 Å². The molecule has 0 N–H and O–H groups in total. The Morgan fingerprint density at radius 3 is 2.48 bits per heavy atom. The second-order valence-electron chi connectivity index (χ2n) is 8.12. The molecule has 1 atom stereocenters. The van der Waals surface area contributed by atoms with Crippen LogP contribution >= 0.6 is 0 Å². The van der Waals surface area contributed by atoms with Crippen LogP contribution in [0.25, 0.3) is 0 Å². The van der Waals surface area contributed by atoms with Gasteiger partial charge in [-0.2, -0.15) is 4.31 Å². The van der Waals surface area contributed by atoms with E-state index in [2.05, 4.69) is 0 Å². The van der Waals surface area contributed by atoms with E-state index in [4.69, 9.17) is 9.47 Å². The summed E-state index contributed by atoms with van der Waals surface area (Å²) in [5, 5.41) is 0. The predicted molar refractivity (Wildman–Crippen MR) is 117 cm³/mol. The molecule has 0 bridgehead atoms. The first kappa shape index (κ1) is 21.6. The number of hydrogen-bond donors (Lipinski definition) is 0. The number of hydrogen-bond acceptors (Lipinski definition) is 5. The number of fused-ring (bicyclic) bond motifs is 1. The molecule has 7 nitrogen and oxygen atoms in total. The van der Waals surface area contributed by atoms with Gasteiger partial charge in [-0.3, -0.25) is 4.79 Å². The quantitative estimate of drug-likeness (QED) is 0.707. The number of carbonyl (C=O) groups is 1. The summed E-state index contributed by atoms with van der Waals surface area (Å²) in [6, 6.07) is 11.9. The van der Waals surface area contributed by atoms with E-state index in [1.165, 1.54) is 12.1 Å². The molecule has 0 spiro atoms. The molecule has 2 aromatic rings. The van der Waals surface area contributed by atoms with Crippen molar-refractivity contribution in [1.82, 2.24) is 9.21 Å². The van der Waals surface area contributed by atoms with E-state index in [1.807, 2.05) is 25.1 Å². The second kappa shape index (κ2) is 8.88. The van der Waals surface area contributed by atoms with Crippen LogP contribution < -0.4 is 9.47 Å². The molecule has 1 fully saturated rings. The zero-order chi connectivity index (χ0) is 22.0. The van der Waals surface area contributed by atoms with Crippen LogP contribution in [0.5, 0.6) is 11.5 Å². The highest BCUT2D eigenvalue weighted by molar-refractivity contribution is 7.89. The maximum Gasteiger partial charge on any atom is 0.253 e. The van der Waals surface area contributed by atoms with E-state index in [0.29, 0.717) is 43.4 Å². The zero-order valence-corrected chi connectivity index (χ0v) is 18.7. The van der Waals surface area contributed by atoms with E-state index < -0.39 is 10.0 Å². The minimum absolute atomic E-state index is 0.00260. The van der Waals surface area contributed by atoms with Crippen molar-refractivity contribution in [3.05, 3.63) is 53.6 Å². The molecule has 0 saturated carbocycles. The summed E-state index contributed by atoms with van der Waals surface area (Å²) in [6.07, 6.45) is 2.81. The summed E-state index contributed by atoms with van der Waals surface area (Å²) in [5.41, 5.74) is 1.38. The van der Waals surface area contributed by atoms with Crippen molar-refractivity contribution in [2.45, 2.75) is 43.7 Å². The van der Waals surface area contributed by atoms with Crippen molar-refractivity contribution in [3.8, 4) is 11.5 Å². The molecule has 0 unspecified atom stereocenters. The van der Waals surface area contributed by atoms with E-state index in [0.717, 1.165) is 24.8 Å². The summed E-state index contributed by atoms with van der Waals surface area (Å²) in [5.74, 6) is 1.22. The number of ether oxygens (including phenoxy) is 2. The molecule has 4 rings (SSSR count). The number of amides is 1. The molecule has 1 saturated heterocycles. The maximum absolute atomic E-state index is 13.0. The molecule has 31 heavy (non-hydrogen) atoms. The zero-order valence-electron chi connectivity index (χ0n) is 17.9. The van der Waals surface area contributed by atoms with Gasteiger partial charge in [0.15, 0.2) is 11.5 Å². The van der Waals surface area contributed by atoms with Crippen LogP contribution in [0.3, 0.4) is 0 Å². The first-order chi connectivity index (χ1) is 14.9. The summed E-state index contributed by atoms with van der Waals surface area (Å²) < 4.78 is 38.7. The Bertz CT molecular complexity index is 1050. The van der Waals surface area contributed by atoms with Crippen molar-refractivity contribution in [1.29, 1.82) is 0 Å². The molecule has 0 aromatic heterocycles. The summed E-state index contributed by atoms with van der Waals surface area (Å²) in [7, 11) is -1.83. The first-order valence-corrected chi connectivity index (χ1v) is 12.1. The van der Waals surface area contributed by atoms with Crippen molar-refractivity contribution >= 4 is 15.9 Å². The molecule has 2 heterocycles. The highest BCUT2D eigenvalue weighted by Gasteiger charge is 2.31. The third-order valence-corrected chi connectivity index (χ3v) is 7.85. The van der Waals surface area contributed by atoms with Gasteiger partial charge >= 0.3 is 0 Å². The van der Waals surface area contributed by atoms with Gasteiger partial charge in [-0.1, -0.05) is 12.5 Å². The van der Waals surface area contributed by atoms with Crippen LogP contribution in [0, 0.1) is 0 Å².